The zero-order valence-electron chi connectivity index (χ0n) is 13.3. The van der Waals surface area contributed by atoms with Crippen molar-refractivity contribution in [2.24, 2.45) is 17.3 Å². The number of anilines is 2. The summed E-state index contributed by atoms with van der Waals surface area (Å²) in [6.07, 6.45) is 0. The summed E-state index contributed by atoms with van der Waals surface area (Å²) in [6.45, 7) is 2.04. The van der Waals surface area contributed by atoms with Gasteiger partial charge in [-0.3, -0.25) is 0 Å². The van der Waals surface area contributed by atoms with Crippen molar-refractivity contribution in [3.05, 3.63) is 78.5 Å². The number of para-hydroxylation sites is 1. The van der Waals surface area contributed by atoms with E-state index in [1.54, 1.807) is 0 Å². The second kappa shape index (κ2) is 6.83. The predicted molar refractivity (Wildman–Crippen MR) is 92.7 cm³/mol. The van der Waals surface area contributed by atoms with Gasteiger partial charge in [-0.1, -0.05) is 24.3 Å². The summed E-state index contributed by atoms with van der Waals surface area (Å²) in [5.74, 6) is 0.830. The Morgan fingerprint density at radius 3 is 2.17 bits per heavy atom. The lowest BCUT2D eigenvalue weighted by molar-refractivity contribution is -0.664. The van der Waals surface area contributed by atoms with E-state index in [0.717, 1.165) is 28.6 Å². The quantitative estimate of drug-likeness (QED) is 0.536. The molecule has 4 nitrogen and oxygen atoms in total. The number of nitrogens with zero attached hydrogens (tertiary/aromatic N) is 3. The molecular weight excluding hydrogens is 284 g/mol. The molecule has 23 heavy (non-hydrogen) atoms. The Morgan fingerprint density at radius 1 is 0.739 bits per heavy atom. The minimum atomic E-state index is 0.824. The predicted octanol–water partition coefficient (Wildman–Crippen LogP) is 4.98. The summed E-state index contributed by atoms with van der Waals surface area (Å²) in [5, 5.41) is 12.0. The fraction of sp³-hybridized carbons (Fsp3) is 0.105. The molecule has 2 aromatic carbocycles. The van der Waals surface area contributed by atoms with Gasteiger partial charge in [0, 0.05) is 17.4 Å². The van der Waals surface area contributed by atoms with Crippen LogP contribution in [0.15, 0.2) is 83.0 Å². The van der Waals surface area contributed by atoms with Crippen molar-refractivity contribution in [2.45, 2.75) is 6.92 Å². The molecule has 0 aliphatic carbocycles. The third-order valence-electron chi connectivity index (χ3n) is 3.65. The van der Waals surface area contributed by atoms with Crippen LogP contribution in [0, 0.1) is 6.92 Å². The normalized spacial score (nSPS) is 10.9. The van der Waals surface area contributed by atoms with Crippen LogP contribution in [0.4, 0.5) is 22.9 Å². The van der Waals surface area contributed by atoms with Crippen molar-refractivity contribution in [1.82, 2.24) is 0 Å². The van der Waals surface area contributed by atoms with Crippen LogP contribution in [-0.2, 0) is 7.05 Å². The molecular formula is C19H19N4+. The minimum absolute atomic E-state index is 0.824. The van der Waals surface area contributed by atoms with Crippen molar-refractivity contribution in [1.29, 1.82) is 0 Å². The van der Waals surface area contributed by atoms with E-state index in [9.17, 15) is 0 Å². The maximum absolute atomic E-state index is 4.32. The molecule has 0 aliphatic rings. The molecule has 4 heteroatoms. The summed E-state index contributed by atoms with van der Waals surface area (Å²) < 4.78 is 2.01. The Morgan fingerprint density at radius 2 is 1.43 bits per heavy atom. The van der Waals surface area contributed by atoms with E-state index in [0.29, 0.717) is 0 Å². The number of pyridine rings is 1. The first kappa shape index (κ1) is 14.9. The van der Waals surface area contributed by atoms with E-state index in [1.165, 1.54) is 0 Å². The lowest BCUT2D eigenvalue weighted by Gasteiger charge is -2.05. The van der Waals surface area contributed by atoms with Crippen LogP contribution in [0.3, 0.4) is 0 Å². The lowest BCUT2D eigenvalue weighted by Crippen LogP contribution is -2.31. The minimum Gasteiger partial charge on any atom is -0.356 e. The molecule has 3 aromatic rings. The van der Waals surface area contributed by atoms with Crippen LogP contribution in [0.1, 0.15) is 5.69 Å². The molecule has 0 spiro atoms. The summed E-state index contributed by atoms with van der Waals surface area (Å²) in [4.78, 5) is 0. The third kappa shape index (κ3) is 3.80. The van der Waals surface area contributed by atoms with Gasteiger partial charge < -0.3 is 5.32 Å². The first-order valence-corrected chi connectivity index (χ1v) is 7.52. The standard InChI is InChI=1S/C19H18N4/c1-15-7-6-10-19(23(15)2)22-21-18-13-11-17(12-14-18)20-16-8-4-3-5-9-16/h3-14H,1-2H3/p+1. The molecule has 0 fully saturated rings. The van der Waals surface area contributed by atoms with Crippen LogP contribution in [0.25, 0.3) is 0 Å². The number of aromatic nitrogens is 1. The van der Waals surface area contributed by atoms with E-state index in [4.69, 9.17) is 0 Å². The number of nitrogens with one attached hydrogen (secondary N) is 1. The SMILES string of the molecule is Cc1cccc(N=Nc2ccc(Nc3ccccc3)cc2)[n+]1C. The highest BCUT2D eigenvalue weighted by molar-refractivity contribution is 5.61. The van der Waals surface area contributed by atoms with Crippen LogP contribution < -0.4 is 9.88 Å². The van der Waals surface area contributed by atoms with Crippen molar-refractivity contribution in [3.63, 3.8) is 0 Å². The molecule has 0 unspecified atom stereocenters. The average Bonchev–Trinajstić information content (AvgIpc) is 2.58. The number of rotatable bonds is 4. The van der Waals surface area contributed by atoms with Crippen LogP contribution in [-0.4, -0.2) is 0 Å². The van der Waals surface area contributed by atoms with Crippen molar-refractivity contribution >= 4 is 22.9 Å². The smallest absolute Gasteiger partial charge is 0.350 e. The Hall–Kier alpha value is -3.01. The van der Waals surface area contributed by atoms with Gasteiger partial charge in [0.25, 0.3) is 0 Å². The van der Waals surface area contributed by atoms with Crippen LogP contribution in [0.2, 0.25) is 0 Å². The monoisotopic (exact) mass is 303 g/mol. The highest BCUT2D eigenvalue weighted by atomic mass is 15.2. The van der Waals surface area contributed by atoms with Gasteiger partial charge in [0.05, 0.1) is 12.2 Å². The van der Waals surface area contributed by atoms with Crippen molar-refractivity contribution in [2.75, 3.05) is 5.32 Å². The lowest BCUT2D eigenvalue weighted by atomic mass is 10.2. The van der Waals surface area contributed by atoms with Gasteiger partial charge in [0.2, 0.25) is 0 Å². The maximum atomic E-state index is 4.32. The first-order chi connectivity index (χ1) is 11.2. The Kier molecular flexibility index (Phi) is 4.43. The Balaban J connectivity index is 1.72. The highest BCUT2D eigenvalue weighted by Gasteiger charge is 2.07. The van der Waals surface area contributed by atoms with E-state index in [1.807, 2.05) is 91.3 Å². The number of hydrogen-bond acceptors (Lipinski definition) is 3. The van der Waals surface area contributed by atoms with Gasteiger partial charge in [-0.05, 0) is 54.5 Å². The van der Waals surface area contributed by atoms with Gasteiger partial charge in [0.15, 0.2) is 0 Å². The molecule has 0 amide bonds. The summed E-state index contributed by atoms with van der Waals surface area (Å²) >= 11 is 0. The van der Waals surface area contributed by atoms with Gasteiger partial charge in [-0.15, -0.1) is 0 Å². The Labute approximate surface area is 136 Å². The van der Waals surface area contributed by atoms with E-state index in [2.05, 4.69) is 15.5 Å². The average molecular weight is 303 g/mol. The topological polar surface area (TPSA) is 40.6 Å². The number of benzene rings is 2. The summed E-state index contributed by atoms with van der Waals surface area (Å²) in [7, 11) is 1.98. The van der Waals surface area contributed by atoms with Gasteiger partial charge in [0.1, 0.15) is 11.4 Å². The molecule has 0 aliphatic heterocycles. The summed E-state index contributed by atoms with van der Waals surface area (Å²) in [6, 6.07) is 23.9. The molecule has 114 valence electrons. The second-order valence-corrected chi connectivity index (χ2v) is 5.32. The maximum Gasteiger partial charge on any atom is 0.350 e. The molecule has 0 atom stereocenters. The fourth-order valence-corrected chi connectivity index (χ4v) is 2.19. The molecule has 0 bridgehead atoms. The first-order valence-electron chi connectivity index (χ1n) is 7.52. The number of hydrogen-bond donors (Lipinski definition) is 1. The van der Waals surface area contributed by atoms with Gasteiger partial charge in [-0.2, -0.15) is 0 Å². The summed E-state index contributed by atoms with van der Waals surface area (Å²) in [5.41, 5.74) is 4.05. The van der Waals surface area contributed by atoms with E-state index < -0.39 is 0 Å². The van der Waals surface area contributed by atoms with Gasteiger partial charge in [-0.25, -0.2) is 4.57 Å². The molecule has 1 aromatic heterocycles. The highest BCUT2D eigenvalue weighted by Crippen LogP contribution is 2.21. The molecule has 0 radical (unpaired) electrons. The number of azo groups is 1. The van der Waals surface area contributed by atoms with Crippen LogP contribution in [0.5, 0.6) is 0 Å². The second-order valence-electron chi connectivity index (χ2n) is 5.32. The van der Waals surface area contributed by atoms with Gasteiger partial charge >= 0.3 is 5.82 Å². The third-order valence-corrected chi connectivity index (χ3v) is 3.65. The zero-order chi connectivity index (χ0) is 16.1. The van der Waals surface area contributed by atoms with Crippen molar-refractivity contribution < 1.29 is 4.57 Å². The molecule has 1 N–H and O–H groups in total. The van der Waals surface area contributed by atoms with Crippen molar-refractivity contribution in [3.8, 4) is 0 Å². The zero-order valence-corrected chi connectivity index (χ0v) is 13.3. The largest absolute Gasteiger partial charge is 0.356 e. The molecule has 3 rings (SSSR count). The fourth-order valence-electron chi connectivity index (χ4n) is 2.19. The molecule has 0 saturated carbocycles. The Bertz CT molecular complexity index is 809. The van der Waals surface area contributed by atoms with E-state index in [-0.39, 0.29) is 0 Å². The number of aryl methyl sites for hydroxylation is 1. The molecule has 1 heterocycles. The van der Waals surface area contributed by atoms with Crippen LogP contribution >= 0.6 is 0 Å². The molecule has 0 saturated heterocycles. The van der Waals surface area contributed by atoms with E-state index >= 15 is 0 Å².